The van der Waals surface area contributed by atoms with Gasteiger partial charge in [0.1, 0.15) is 73.2 Å². The molecule has 7 fully saturated rings. The summed E-state index contributed by atoms with van der Waals surface area (Å²) in [7, 11) is 0. The van der Waals surface area contributed by atoms with E-state index in [-0.39, 0.29) is 35.5 Å². The maximum atomic E-state index is 12.7. The summed E-state index contributed by atoms with van der Waals surface area (Å²) in [6.07, 6.45) is -20.5. The summed E-state index contributed by atoms with van der Waals surface area (Å²) in [6, 6.07) is 0. The van der Waals surface area contributed by atoms with Crippen molar-refractivity contribution in [1.82, 2.24) is 0 Å². The first-order valence-corrected chi connectivity index (χ1v) is 24.5. The first-order valence-electron chi connectivity index (χ1n) is 24.5. The van der Waals surface area contributed by atoms with Gasteiger partial charge in [0.2, 0.25) is 0 Å². The van der Waals surface area contributed by atoms with Crippen LogP contribution in [0.25, 0.3) is 0 Å². The minimum Gasteiger partial charge on any atom is -0.394 e. The van der Waals surface area contributed by atoms with E-state index in [2.05, 4.69) is 26.8 Å². The molecular weight excluding hydrogens is 881 g/mol. The number of allylic oxidation sites excluding steroid dienone is 2. The third kappa shape index (κ3) is 9.24. The van der Waals surface area contributed by atoms with E-state index in [4.69, 9.17) is 28.4 Å². The normalized spacial score (nSPS) is 52.9. The highest BCUT2D eigenvalue weighted by Gasteiger charge is 2.71. The lowest BCUT2D eigenvalue weighted by molar-refractivity contribution is -0.381. The molecule has 7 rings (SSSR count). The Kier molecular flexibility index (Phi) is 16.1. The Morgan fingerprint density at radius 1 is 0.657 bits per heavy atom. The van der Waals surface area contributed by atoms with Crippen molar-refractivity contribution in [3.63, 3.8) is 0 Å². The van der Waals surface area contributed by atoms with Crippen molar-refractivity contribution in [2.75, 3.05) is 19.8 Å². The maximum absolute atomic E-state index is 12.7. The van der Waals surface area contributed by atoms with Crippen LogP contribution in [0.2, 0.25) is 0 Å². The van der Waals surface area contributed by atoms with E-state index in [1.54, 1.807) is 0 Å². The monoisotopic (exact) mass is 963 g/mol. The molecule has 3 saturated heterocycles. The molecule has 4 aliphatic carbocycles. The fourth-order valence-corrected chi connectivity index (χ4v) is 14.7. The molecule has 0 amide bonds. The second-order valence-corrected chi connectivity index (χ2v) is 22.9. The van der Waals surface area contributed by atoms with Crippen molar-refractivity contribution in [2.24, 2.45) is 51.8 Å². The molecule has 19 heteroatoms. The van der Waals surface area contributed by atoms with Crippen LogP contribution < -0.4 is 0 Å². The van der Waals surface area contributed by atoms with E-state index in [0.717, 1.165) is 5.57 Å². The molecule has 0 aromatic carbocycles. The largest absolute Gasteiger partial charge is 0.394 e. The van der Waals surface area contributed by atoms with Crippen LogP contribution >= 0.6 is 0 Å². The number of aliphatic hydroxyl groups excluding tert-OH is 13. The first kappa shape index (κ1) is 53.8. The van der Waals surface area contributed by atoms with Crippen LogP contribution in [0, 0.1) is 51.8 Å². The first-order chi connectivity index (χ1) is 31.3. The molecule has 0 radical (unpaired) electrons. The molecule has 19 nitrogen and oxygen atoms in total. The third-order valence-electron chi connectivity index (χ3n) is 18.5. The standard InChI is InChI=1S/C48H82O19/c1-20(2)10-9-12-47(7,67-43-39(61)36(58)33(55)28(18-50)64-43)24-14-21(3)48(8)23-16-26(41-45(4,5)30(53)11-13-46(41,6)22(23)15-25(52)31(24)48)62-44-40(37(59)34(56)29(19-51)65-44)66-42-38(60)35(57)32(54)27(17-49)63-42/h10,21-44,49-61H,9,11-19H2,1-8H3. The minimum atomic E-state index is -1.86. The zero-order chi connectivity index (χ0) is 49.5. The Balaban J connectivity index is 1.26. The second-order valence-electron chi connectivity index (χ2n) is 22.9. The van der Waals surface area contributed by atoms with Crippen LogP contribution in [-0.2, 0) is 28.4 Å². The summed E-state index contributed by atoms with van der Waals surface area (Å²) in [5, 5.41) is 142. The van der Waals surface area contributed by atoms with Crippen LogP contribution in [-0.4, -0.2) is 202 Å². The molecule has 0 aromatic rings. The smallest absolute Gasteiger partial charge is 0.187 e. The van der Waals surface area contributed by atoms with Crippen molar-refractivity contribution in [2.45, 2.75) is 216 Å². The van der Waals surface area contributed by atoms with Crippen LogP contribution in [0.3, 0.4) is 0 Å². The lowest BCUT2D eigenvalue weighted by atomic mass is 9.38. The van der Waals surface area contributed by atoms with Gasteiger partial charge in [-0.3, -0.25) is 0 Å². The summed E-state index contributed by atoms with van der Waals surface area (Å²) in [4.78, 5) is 0. The number of rotatable bonds is 13. The van der Waals surface area contributed by atoms with Gasteiger partial charge in [0, 0.05) is 0 Å². The van der Waals surface area contributed by atoms with Gasteiger partial charge in [0.05, 0.1) is 43.7 Å². The van der Waals surface area contributed by atoms with E-state index in [1.807, 2.05) is 34.6 Å². The highest BCUT2D eigenvalue weighted by molar-refractivity contribution is 5.19. The second kappa shape index (κ2) is 20.1. The van der Waals surface area contributed by atoms with Crippen LogP contribution in [0.1, 0.15) is 100 Å². The molecule has 388 valence electrons. The van der Waals surface area contributed by atoms with Gasteiger partial charge in [-0.2, -0.15) is 0 Å². The van der Waals surface area contributed by atoms with Gasteiger partial charge >= 0.3 is 0 Å². The number of aliphatic hydroxyl groups is 13. The number of hydrogen-bond acceptors (Lipinski definition) is 19. The SMILES string of the molecule is CC(C)=CCCC(C)(OC1OC(CO)C(O)C(O)C1O)C1CC(C)C2(C)C3CC(OC4OC(CO)C(O)C(O)C4OC4OC(CO)C(O)C(O)C4O)C4C(C)(C)C(O)CCC4(C)C3CC(O)C12. The number of ether oxygens (including phenoxy) is 6. The van der Waals surface area contributed by atoms with Crippen molar-refractivity contribution in [3.8, 4) is 0 Å². The average molecular weight is 963 g/mol. The van der Waals surface area contributed by atoms with Gasteiger partial charge in [0.25, 0.3) is 0 Å². The zero-order valence-electron chi connectivity index (χ0n) is 40.3. The lowest BCUT2D eigenvalue weighted by Gasteiger charge is -2.68. The van der Waals surface area contributed by atoms with E-state index in [0.29, 0.717) is 44.9 Å². The molecule has 27 unspecified atom stereocenters. The van der Waals surface area contributed by atoms with Gasteiger partial charge in [-0.15, -0.1) is 0 Å². The highest BCUT2D eigenvalue weighted by Crippen LogP contribution is 2.73. The molecule has 13 N–H and O–H groups in total. The molecule has 0 aromatic heterocycles. The summed E-state index contributed by atoms with van der Waals surface area (Å²) in [6.45, 7) is 14.4. The fourth-order valence-electron chi connectivity index (χ4n) is 14.7. The molecule has 0 bridgehead atoms. The Morgan fingerprint density at radius 3 is 1.76 bits per heavy atom. The molecule has 4 saturated carbocycles. The fraction of sp³-hybridized carbons (Fsp3) is 0.958. The lowest BCUT2D eigenvalue weighted by Crippen LogP contribution is -2.69. The highest BCUT2D eigenvalue weighted by atomic mass is 16.8. The van der Waals surface area contributed by atoms with E-state index in [9.17, 15) is 66.4 Å². The zero-order valence-corrected chi connectivity index (χ0v) is 40.3. The Labute approximate surface area is 393 Å². The van der Waals surface area contributed by atoms with Crippen LogP contribution in [0.15, 0.2) is 11.6 Å². The van der Waals surface area contributed by atoms with Crippen molar-refractivity contribution < 1.29 is 94.8 Å². The van der Waals surface area contributed by atoms with Gasteiger partial charge in [0.15, 0.2) is 18.9 Å². The van der Waals surface area contributed by atoms with E-state index < -0.39 is 152 Å². The quantitative estimate of drug-likeness (QED) is 0.0762. The Morgan fingerprint density at radius 2 is 1.19 bits per heavy atom. The molecule has 7 aliphatic rings. The molecule has 3 heterocycles. The molecule has 0 spiro atoms. The topological polar surface area (TPSA) is 318 Å². The number of hydrogen-bond donors (Lipinski definition) is 13. The predicted octanol–water partition coefficient (Wildman–Crippen LogP) is -1.20. The summed E-state index contributed by atoms with van der Waals surface area (Å²) in [5.74, 6) is -1.33. The molecule has 3 aliphatic heterocycles. The molecule has 27 atom stereocenters. The van der Waals surface area contributed by atoms with Gasteiger partial charge in [-0.1, -0.05) is 46.3 Å². The van der Waals surface area contributed by atoms with E-state index in [1.165, 1.54) is 0 Å². The van der Waals surface area contributed by atoms with Gasteiger partial charge in [-0.05, 0) is 117 Å². The van der Waals surface area contributed by atoms with Crippen molar-refractivity contribution in [3.05, 3.63) is 11.6 Å². The minimum absolute atomic E-state index is 0.0296. The van der Waals surface area contributed by atoms with Crippen molar-refractivity contribution >= 4 is 0 Å². The van der Waals surface area contributed by atoms with E-state index >= 15 is 0 Å². The van der Waals surface area contributed by atoms with Gasteiger partial charge < -0.3 is 94.8 Å². The van der Waals surface area contributed by atoms with Crippen LogP contribution in [0.4, 0.5) is 0 Å². The van der Waals surface area contributed by atoms with Crippen LogP contribution in [0.5, 0.6) is 0 Å². The Hall–Kier alpha value is -1.02. The Bertz CT molecular complexity index is 1700. The molecular formula is C48H82O19. The number of fused-ring (bicyclic) bond motifs is 5. The molecule has 67 heavy (non-hydrogen) atoms. The summed E-state index contributed by atoms with van der Waals surface area (Å²) >= 11 is 0. The predicted molar refractivity (Wildman–Crippen MR) is 235 cm³/mol. The van der Waals surface area contributed by atoms with Crippen molar-refractivity contribution in [1.29, 1.82) is 0 Å². The third-order valence-corrected chi connectivity index (χ3v) is 18.5. The van der Waals surface area contributed by atoms with Gasteiger partial charge in [-0.25, -0.2) is 0 Å². The summed E-state index contributed by atoms with van der Waals surface area (Å²) in [5.41, 5.74) is -1.90. The maximum Gasteiger partial charge on any atom is 0.187 e. The summed E-state index contributed by atoms with van der Waals surface area (Å²) < 4.78 is 37.8. The average Bonchev–Trinajstić information content (AvgIpc) is 3.56.